The highest BCUT2D eigenvalue weighted by Gasteiger charge is 2.20. The molecule has 0 saturated carbocycles. The third-order valence-corrected chi connectivity index (χ3v) is 6.13. The van der Waals surface area contributed by atoms with Gasteiger partial charge in [0.15, 0.2) is 0 Å². The first-order chi connectivity index (χ1) is 16.7. The summed E-state index contributed by atoms with van der Waals surface area (Å²) < 4.78 is 36.4. The van der Waals surface area contributed by atoms with E-state index in [4.69, 9.17) is 9.47 Å². The van der Waals surface area contributed by atoms with Gasteiger partial charge in [-0.2, -0.15) is 0 Å². The molecule has 3 aromatic rings. The summed E-state index contributed by atoms with van der Waals surface area (Å²) in [6.07, 6.45) is 1.03. The Balaban J connectivity index is 1.58. The maximum atomic E-state index is 12.4. The number of nitrogens with one attached hydrogen (secondary N) is 1. The Kier molecular flexibility index (Phi) is 8.26. The molecule has 3 rings (SSSR count). The van der Waals surface area contributed by atoms with Crippen LogP contribution in [0.4, 0.5) is 11.4 Å². The van der Waals surface area contributed by atoms with Gasteiger partial charge in [0.2, 0.25) is 10.0 Å². The van der Waals surface area contributed by atoms with Gasteiger partial charge in [-0.05, 0) is 48.0 Å². The van der Waals surface area contributed by atoms with Gasteiger partial charge in [-0.25, -0.2) is 8.42 Å². The number of hydrogen-bond acceptors (Lipinski definition) is 7. The van der Waals surface area contributed by atoms with Crippen molar-refractivity contribution in [2.24, 2.45) is 0 Å². The average Bonchev–Trinajstić information content (AvgIpc) is 2.85. The molecule has 35 heavy (non-hydrogen) atoms. The molecule has 0 aliphatic carbocycles. The highest BCUT2D eigenvalue weighted by molar-refractivity contribution is 7.92. The van der Waals surface area contributed by atoms with Crippen LogP contribution in [-0.2, 0) is 16.6 Å². The van der Waals surface area contributed by atoms with Crippen molar-refractivity contribution in [3.63, 3.8) is 0 Å². The molecule has 0 radical (unpaired) electrons. The van der Waals surface area contributed by atoms with Crippen LogP contribution in [-0.4, -0.2) is 45.8 Å². The van der Waals surface area contributed by atoms with E-state index in [0.717, 1.165) is 16.3 Å². The minimum Gasteiger partial charge on any atom is -0.497 e. The number of carbonyl (C=O) groups is 1. The molecular weight excluding hydrogens is 474 g/mol. The van der Waals surface area contributed by atoms with Crippen LogP contribution in [0.25, 0.3) is 0 Å². The van der Waals surface area contributed by atoms with Crippen LogP contribution in [0.5, 0.6) is 11.5 Å². The van der Waals surface area contributed by atoms with Gasteiger partial charge in [0, 0.05) is 17.7 Å². The molecular formula is C24H25N3O7S. The van der Waals surface area contributed by atoms with Crippen LogP contribution in [0.15, 0.2) is 72.8 Å². The van der Waals surface area contributed by atoms with Gasteiger partial charge in [-0.1, -0.05) is 18.2 Å². The van der Waals surface area contributed by atoms with Crippen molar-refractivity contribution in [3.8, 4) is 11.5 Å². The standard InChI is InChI=1S/C24H25N3O7S/c1-33-22-10-12-23(13-11-22)34-15-14-25-24(28)19-8-6-18(7-9-19)17-26(35(2,31)32)20-4-3-5-21(16-20)27(29)30/h3-13,16H,14-15,17H2,1-2H3,(H,25,28). The summed E-state index contributed by atoms with van der Waals surface area (Å²) in [6, 6.07) is 19.0. The number of carbonyl (C=O) groups excluding carboxylic acids is 1. The lowest BCUT2D eigenvalue weighted by molar-refractivity contribution is -0.384. The van der Waals surface area contributed by atoms with Crippen molar-refractivity contribution >= 4 is 27.3 Å². The number of methoxy groups -OCH3 is 1. The van der Waals surface area contributed by atoms with Gasteiger partial charge in [0.1, 0.15) is 18.1 Å². The van der Waals surface area contributed by atoms with E-state index in [-0.39, 0.29) is 30.4 Å². The molecule has 0 saturated heterocycles. The molecule has 0 atom stereocenters. The lowest BCUT2D eigenvalue weighted by Crippen LogP contribution is -2.29. The molecule has 3 aromatic carbocycles. The number of nitro benzene ring substituents is 1. The monoisotopic (exact) mass is 499 g/mol. The summed E-state index contributed by atoms with van der Waals surface area (Å²) in [5, 5.41) is 13.8. The minimum atomic E-state index is -3.72. The molecule has 0 unspecified atom stereocenters. The third-order valence-electron chi connectivity index (χ3n) is 4.99. The summed E-state index contributed by atoms with van der Waals surface area (Å²) in [5.74, 6) is 1.08. The first-order valence-electron chi connectivity index (χ1n) is 10.5. The first kappa shape index (κ1) is 25.5. The van der Waals surface area contributed by atoms with Crippen molar-refractivity contribution in [2.45, 2.75) is 6.54 Å². The Hall–Kier alpha value is -4.12. The minimum absolute atomic E-state index is 0.0440. The van der Waals surface area contributed by atoms with Crippen LogP contribution >= 0.6 is 0 Å². The van der Waals surface area contributed by atoms with Gasteiger partial charge in [0.25, 0.3) is 11.6 Å². The van der Waals surface area contributed by atoms with E-state index in [2.05, 4.69) is 5.32 Å². The molecule has 184 valence electrons. The number of hydrogen-bond donors (Lipinski definition) is 1. The molecule has 0 aliphatic rings. The molecule has 0 spiro atoms. The second kappa shape index (κ2) is 11.3. The molecule has 11 heteroatoms. The Morgan fingerprint density at radius 2 is 1.69 bits per heavy atom. The maximum absolute atomic E-state index is 12.4. The van der Waals surface area contributed by atoms with Crippen molar-refractivity contribution < 1.29 is 27.6 Å². The fourth-order valence-electron chi connectivity index (χ4n) is 3.20. The molecule has 0 bridgehead atoms. The van der Waals surface area contributed by atoms with Crippen LogP contribution in [0.2, 0.25) is 0 Å². The van der Waals surface area contributed by atoms with E-state index in [9.17, 15) is 23.3 Å². The number of nitro groups is 1. The molecule has 0 aliphatic heterocycles. The summed E-state index contributed by atoms with van der Waals surface area (Å²) >= 11 is 0. The van der Waals surface area contributed by atoms with Crippen LogP contribution in [0, 0.1) is 10.1 Å². The fraction of sp³-hybridized carbons (Fsp3) is 0.208. The first-order valence-corrected chi connectivity index (χ1v) is 12.4. The Bertz CT molecular complexity index is 1280. The zero-order valence-electron chi connectivity index (χ0n) is 19.2. The smallest absolute Gasteiger partial charge is 0.271 e. The van der Waals surface area contributed by atoms with Gasteiger partial charge < -0.3 is 14.8 Å². The predicted molar refractivity (Wildman–Crippen MR) is 131 cm³/mol. The van der Waals surface area contributed by atoms with Crippen molar-refractivity contribution in [3.05, 3.63) is 94.0 Å². The number of amides is 1. The van der Waals surface area contributed by atoms with Crippen molar-refractivity contribution in [2.75, 3.05) is 30.8 Å². The average molecular weight is 500 g/mol. The Labute approximate surface area is 203 Å². The summed E-state index contributed by atoms with van der Waals surface area (Å²) in [4.78, 5) is 22.9. The number of rotatable bonds is 11. The maximum Gasteiger partial charge on any atom is 0.271 e. The number of benzene rings is 3. The molecule has 0 heterocycles. The largest absolute Gasteiger partial charge is 0.497 e. The normalized spacial score (nSPS) is 10.9. The molecule has 10 nitrogen and oxygen atoms in total. The van der Waals surface area contributed by atoms with Crippen LogP contribution in [0.1, 0.15) is 15.9 Å². The predicted octanol–water partition coefficient (Wildman–Crippen LogP) is 3.38. The van der Waals surface area contributed by atoms with Gasteiger partial charge in [-0.3, -0.25) is 19.2 Å². The van der Waals surface area contributed by atoms with Crippen molar-refractivity contribution in [1.29, 1.82) is 0 Å². The third kappa shape index (κ3) is 7.18. The molecule has 1 N–H and O–H groups in total. The summed E-state index contributed by atoms with van der Waals surface area (Å²) in [6.45, 7) is 0.529. The number of non-ortho nitro benzene ring substituents is 1. The number of anilines is 1. The fourth-order valence-corrected chi connectivity index (χ4v) is 4.08. The van der Waals surface area contributed by atoms with E-state index >= 15 is 0 Å². The van der Waals surface area contributed by atoms with Gasteiger partial charge in [0.05, 0.1) is 37.1 Å². The summed E-state index contributed by atoms with van der Waals surface area (Å²) in [7, 11) is -2.14. The van der Waals surface area contributed by atoms with E-state index in [1.807, 2.05) is 0 Å². The highest BCUT2D eigenvalue weighted by atomic mass is 32.2. The number of sulfonamides is 1. The van der Waals surface area contributed by atoms with Gasteiger partial charge in [-0.15, -0.1) is 0 Å². The Morgan fingerprint density at radius 1 is 1.03 bits per heavy atom. The number of nitrogens with zero attached hydrogens (tertiary/aromatic N) is 2. The van der Waals surface area contributed by atoms with E-state index < -0.39 is 14.9 Å². The zero-order chi connectivity index (χ0) is 25.4. The quantitative estimate of drug-likeness (QED) is 0.243. The van der Waals surface area contributed by atoms with Crippen LogP contribution < -0.4 is 19.1 Å². The van der Waals surface area contributed by atoms with E-state index in [1.165, 1.54) is 24.3 Å². The summed E-state index contributed by atoms with van der Waals surface area (Å²) in [5.41, 5.74) is 0.986. The molecule has 0 aromatic heterocycles. The van der Waals surface area contributed by atoms with E-state index in [1.54, 1.807) is 55.6 Å². The Morgan fingerprint density at radius 3 is 2.29 bits per heavy atom. The van der Waals surface area contributed by atoms with Crippen LogP contribution in [0.3, 0.4) is 0 Å². The second-order valence-corrected chi connectivity index (χ2v) is 9.43. The lowest BCUT2D eigenvalue weighted by Gasteiger charge is -2.22. The highest BCUT2D eigenvalue weighted by Crippen LogP contribution is 2.25. The molecule has 0 fully saturated rings. The lowest BCUT2D eigenvalue weighted by atomic mass is 10.1. The second-order valence-electron chi connectivity index (χ2n) is 7.52. The van der Waals surface area contributed by atoms with E-state index in [0.29, 0.717) is 23.4 Å². The SMILES string of the molecule is COc1ccc(OCCNC(=O)c2ccc(CN(c3cccc([N+](=O)[O-])c3)S(C)(=O)=O)cc2)cc1. The van der Waals surface area contributed by atoms with Crippen molar-refractivity contribution in [1.82, 2.24) is 5.32 Å². The number of ether oxygens (including phenoxy) is 2. The van der Waals surface area contributed by atoms with Gasteiger partial charge >= 0.3 is 0 Å². The topological polar surface area (TPSA) is 128 Å². The zero-order valence-corrected chi connectivity index (χ0v) is 20.0. The molecule has 1 amide bonds.